The highest BCUT2D eigenvalue weighted by molar-refractivity contribution is 14.1. The van der Waals surface area contributed by atoms with Gasteiger partial charge in [-0.25, -0.2) is 0 Å². The van der Waals surface area contributed by atoms with Crippen LogP contribution in [0.25, 0.3) is 0 Å². The molecule has 0 aliphatic rings. The van der Waals surface area contributed by atoms with Crippen LogP contribution in [0.5, 0.6) is 0 Å². The van der Waals surface area contributed by atoms with Crippen molar-refractivity contribution in [2.45, 2.75) is 26.2 Å². The van der Waals surface area contributed by atoms with Crippen molar-refractivity contribution in [1.82, 2.24) is 0 Å². The lowest BCUT2D eigenvalue weighted by Gasteiger charge is -1.99. The van der Waals surface area contributed by atoms with E-state index >= 15 is 0 Å². The first-order valence-corrected chi connectivity index (χ1v) is 5.60. The van der Waals surface area contributed by atoms with Crippen molar-refractivity contribution >= 4 is 28.4 Å². The SMILES string of the molecule is CCCCC(=O)c1ccc(I)cc1. The summed E-state index contributed by atoms with van der Waals surface area (Å²) < 4.78 is 1.17. The number of Topliss-reactive ketones (excluding diaryl/α,β-unsaturated/α-hetero) is 1. The number of halogens is 1. The molecule has 0 radical (unpaired) electrons. The maximum atomic E-state index is 11.5. The van der Waals surface area contributed by atoms with Crippen LogP contribution in [-0.2, 0) is 0 Å². The molecule has 0 aliphatic carbocycles. The van der Waals surface area contributed by atoms with E-state index < -0.39 is 0 Å². The molecule has 1 rings (SSSR count). The molecule has 0 fully saturated rings. The number of rotatable bonds is 4. The van der Waals surface area contributed by atoms with Crippen LogP contribution in [0.1, 0.15) is 36.5 Å². The Morgan fingerprint density at radius 3 is 2.46 bits per heavy atom. The van der Waals surface area contributed by atoms with Gasteiger partial charge in [-0.2, -0.15) is 0 Å². The summed E-state index contributed by atoms with van der Waals surface area (Å²) >= 11 is 2.24. The predicted molar refractivity (Wildman–Crippen MR) is 63.0 cm³/mol. The Hall–Kier alpha value is -0.380. The van der Waals surface area contributed by atoms with Gasteiger partial charge in [0.2, 0.25) is 0 Å². The lowest BCUT2D eigenvalue weighted by molar-refractivity contribution is 0.0980. The van der Waals surface area contributed by atoms with E-state index in [0.29, 0.717) is 6.42 Å². The first-order valence-electron chi connectivity index (χ1n) is 4.53. The maximum Gasteiger partial charge on any atom is 0.162 e. The first kappa shape index (κ1) is 10.7. The second-order valence-corrected chi connectivity index (χ2v) is 4.28. The summed E-state index contributed by atoms with van der Waals surface area (Å²) in [6.45, 7) is 2.10. The third-order valence-electron chi connectivity index (χ3n) is 1.92. The number of benzene rings is 1. The largest absolute Gasteiger partial charge is 0.294 e. The van der Waals surface area contributed by atoms with Crippen LogP contribution in [-0.4, -0.2) is 5.78 Å². The van der Waals surface area contributed by atoms with E-state index in [9.17, 15) is 4.79 Å². The molecule has 1 aromatic carbocycles. The van der Waals surface area contributed by atoms with Gasteiger partial charge in [-0.1, -0.05) is 25.5 Å². The molecule has 1 nitrogen and oxygen atoms in total. The number of hydrogen-bond donors (Lipinski definition) is 0. The maximum absolute atomic E-state index is 11.5. The summed E-state index contributed by atoms with van der Waals surface area (Å²) in [6.07, 6.45) is 2.75. The zero-order valence-corrected chi connectivity index (χ0v) is 9.87. The predicted octanol–water partition coefficient (Wildman–Crippen LogP) is 3.66. The van der Waals surface area contributed by atoms with E-state index in [2.05, 4.69) is 29.5 Å². The Bertz CT molecular complexity index is 277. The second-order valence-electron chi connectivity index (χ2n) is 3.03. The molecule has 2 heteroatoms. The molecule has 1 aromatic rings. The fraction of sp³-hybridized carbons (Fsp3) is 0.364. The fourth-order valence-corrected chi connectivity index (χ4v) is 1.48. The fourth-order valence-electron chi connectivity index (χ4n) is 1.12. The zero-order chi connectivity index (χ0) is 9.68. The molecule has 0 bridgehead atoms. The van der Waals surface area contributed by atoms with E-state index in [-0.39, 0.29) is 5.78 Å². The number of hydrogen-bond acceptors (Lipinski definition) is 1. The van der Waals surface area contributed by atoms with E-state index in [1.807, 2.05) is 24.3 Å². The van der Waals surface area contributed by atoms with Gasteiger partial charge >= 0.3 is 0 Å². The summed E-state index contributed by atoms with van der Waals surface area (Å²) in [4.78, 5) is 11.5. The second kappa shape index (κ2) is 5.37. The highest BCUT2D eigenvalue weighted by atomic mass is 127. The zero-order valence-electron chi connectivity index (χ0n) is 7.72. The van der Waals surface area contributed by atoms with Gasteiger partial charge in [0.1, 0.15) is 0 Å². The van der Waals surface area contributed by atoms with Gasteiger partial charge < -0.3 is 0 Å². The summed E-state index contributed by atoms with van der Waals surface area (Å²) in [7, 11) is 0. The molecule has 70 valence electrons. The Morgan fingerprint density at radius 2 is 1.92 bits per heavy atom. The Labute approximate surface area is 92.7 Å². The van der Waals surface area contributed by atoms with Gasteiger partial charge in [0.25, 0.3) is 0 Å². The van der Waals surface area contributed by atoms with Gasteiger partial charge in [-0.3, -0.25) is 4.79 Å². The minimum absolute atomic E-state index is 0.262. The molecule has 0 N–H and O–H groups in total. The number of unbranched alkanes of at least 4 members (excludes halogenated alkanes) is 1. The molecule has 0 aliphatic heterocycles. The normalized spacial score (nSPS) is 10.0. The third kappa shape index (κ3) is 3.46. The lowest BCUT2D eigenvalue weighted by atomic mass is 10.1. The number of carbonyl (C=O) groups excluding carboxylic acids is 1. The van der Waals surface area contributed by atoms with Crippen LogP contribution in [0, 0.1) is 3.57 Å². The Balaban J connectivity index is 2.61. The van der Waals surface area contributed by atoms with Gasteiger partial charge in [0.05, 0.1) is 0 Å². The molecule has 13 heavy (non-hydrogen) atoms. The number of ketones is 1. The van der Waals surface area contributed by atoms with Crippen LogP contribution < -0.4 is 0 Å². The van der Waals surface area contributed by atoms with Crippen molar-refractivity contribution in [2.24, 2.45) is 0 Å². The van der Waals surface area contributed by atoms with Crippen LogP contribution in [0.4, 0.5) is 0 Å². The third-order valence-corrected chi connectivity index (χ3v) is 2.64. The van der Waals surface area contributed by atoms with E-state index in [1.165, 1.54) is 3.57 Å². The van der Waals surface area contributed by atoms with E-state index in [0.717, 1.165) is 18.4 Å². The van der Waals surface area contributed by atoms with Crippen molar-refractivity contribution < 1.29 is 4.79 Å². The Kier molecular flexibility index (Phi) is 4.42. The monoisotopic (exact) mass is 288 g/mol. The first-order chi connectivity index (χ1) is 6.24. The molecule has 0 saturated heterocycles. The summed E-state index contributed by atoms with van der Waals surface area (Å²) in [6, 6.07) is 7.75. The standard InChI is InChI=1S/C11H13IO/c1-2-3-4-11(13)9-5-7-10(12)8-6-9/h5-8H,2-4H2,1H3. The van der Waals surface area contributed by atoms with Gasteiger partial charge in [0, 0.05) is 15.6 Å². The highest BCUT2D eigenvalue weighted by Gasteiger charge is 2.03. The average molecular weight is 288 g/mol. The molecular weight excluding hydrogens is 275 g/mol. The average Bonchev–Trinajstić information content (AvgIpc) is 2.15. The Morgan fingerprint density at radius 1 is 1.31 bits per heavy atom. The van der Waals surface area contributed by atoms with Crippen molar-refractivity contribution in [3.8, 4) is 0 Å². The van der Waals surface area contributed by atoms with Gasteiger partial charge in [0.15, 0.2) is 5.78 Å². The smallest absolute Gasteiger partial charge is 0.162 e. The molecule has 0 amide bonds. The molecule has 0 atom stereocenters. The van der Waals surface area contributed by atoms with Crippen LogP contribution >= 0.6 is 22.6 Å². The molecular formula is C11H13IO. The van der Waals surface area contributed by atoms with Crippen molar-refractivity contribution in [1.29, 1.82) is 0 Å². The van der Waals surface area contributed by atoms with E-state index in [4.69, 9.17) is 0 Å². The van der Waals surface area contributed by atoms with Gasteiger partial charge in [-0.15, -0.1) is 0 Å². The molecule has 0 saturated carbocycles. The summed E-state index contributed by atoms with van der Waals surface area (Å²) in [5.74, 6) is 0.262. The van der Waals surface area contributed by atoms with Crippen molar-refractivity contribution in [3.05, 3.63) is 33.4 Å². The minimum atomic E-state index is 0.262. The lowest BCUT2D eigenvalue weighted by Crippen LogP contribution is -1.98. The molecule has 0 unspecified atom stereocenters. The molecule has 0 aromatic heterocycles. The van der Waals surface area contributed by atoms with Crippen LogP contribution in [0.2, 0.25) is 0 Å². The summed E-state index contributed by atoms with van der Waals surface area (Å²) in [5, 5.41) is 0. The van der Waals surface area contributed by atoms with Crippen molar-refractivity contribution in [2.75, 3.05) is 0 Å². The summed E-state index contributed by atoms with van der Waals surface area (Å²) in [5.41, 5.74) is 0.842. The van der Waals surface area contributed by atoms with Gasteiger partial charge in [-0.05, 0) is 41.1 Å². The van der Waals surface area contributed by atoms with E-state index in [1.54, 1.807) is 0 Å². The van der Waals surface area contributed by atoms with Crippen LogP contribution in [0.3, 0.4) is 0 Å². The molecule has 0 spiro atoms. The quantitative estimate of drug-likeness (QED) is 0.610. The van der Waals surface area contributed by atoms with Crippen molar-refractivity contribution in [3.63, 3.8) is 0 Å². The highest BCUT2D eigenvalue weighted by Crippen LogP contribution is 2.10. The van der Waals surface area contributed by atoms with Crippen LogP contribution in [0.15, 0.2) is 24.3 Å². The number of carbonyl (C=O) groups is 1. The molecule has 0 heterocycles. The minimum Gasteiger partial charge on any atom is -0.294 e. The topological polar surface area (TPSA) is 17.1 Å².